The van der Waals surface area contributed by atoms with E-state index in [0.29, 0.717) is 28.8 Å². The highest BCUT2D eigenvalue weighted by Crippen LogP contribution is 2.23. The summed E-state index contributed by atoms with van der Waals surface area (Å²) in [6, 6.07) is 12.4. The van der Waals surface area contributed by atoms with Gasteiger partial charge >= 0.3 is 5.97 Å². The van der Waals surface area contributed by atoms with E-state index in [0.717, 1.165) is 16.9 Å². The Balaban J connectivity index is 1.60. The zero-order valence-corrected chi connectivity index (χ0v) is 19.6. The number of hydrogen-bond donors (Lipinski definition) is 1. The number of amides is 1. The van der Waals surface area contributed by atoms with Crippen LogP contribution in [0.4, 0.5) is 5.69 Å². The van der Waals surface area contributed by atoms with E-state index >= 15 is 0 Å². The summed E-state index contributed by atoms with van der Waals surface area (Å²) in [5.74, 6) is 0.966. The molecule has 3 aromatic rings. The molecule has 1 aromatic heterocycles. The Bertz CT molecular complexity index is 1140. The predicted molar refractivity (Wildman–Crippen MR) is 128 cm³/mol. The summed E-state index contributed by atoms with van der Waals surface area (Å²) in [5.41, 5.74) is 3.24. The molecule has 172 valence electrons. The standard InChI is InChI=1S/C24H26N4O4S/c1-5-13-28-21(14-32-20-8-6-7-16(2)17(20)3)26-27-24(28)33-15-22(29)25-19-11-9-18(10-12-19)23(30)31-4/h5-12H,1,13-15H2,2-4H3,(H,25,29). The van der Waals surface area contributed by atoms with Crippen molar-refractivity contribution in [2.24, 2.45) is 0 Å². The number of carbonyl (C=O) groups is 2. The van der Waals surface area contributed by atoms with Gasteiger partial charge in [-0.2, -0.15) is 0 Å². The van der Waals surface area contributed by atoms with Crippen molar-refractivity contribution in [3.8, 4) is 5.75 Å². The van der Waals surface area contributed by atoms with Crippen molar-refractivity contribution in [3.63, 3.8) is 0 Å². The van der Waals surface area contributed by atoms with Gasteiger partial charge in [0.25, 0.3) is 0 Å². The summed E-state index contributed by atoms with van der Waals surface area (Å²) in [6.07, 6.45) is 1.75. The second-order valence-corrected chi connectivity index (χ2v) is 8.13. The molecular weight excluding hydrogens is 440 g/mol. The van der Waals surface area contributed by atoms with E-state index in [2.05, 4.69) is 26.8 Å². The Morgan fingerprint density at radius 3 is 2.61 bits per heavy atom. The smallest absolute Gasteiger partial charge is 0.337 e. The summed E-state index contributed by atoms with van der Waals surface area (Å²) in [7, 11) is 1.32. The Morgan fingerprint density at radius 1 is 1.15 bits per heavy atom. The molecule has 9 heteroatoms. The molecule has 0 fully saturated rings. The molecule has 0 saturated heterocycles. The molecule has 0 atom stereocenters. The Labute approximate surface area is 197 Å². The number of benzene rings is 2. The van der Waals surface area contributed by atoms with Gasteiger partial charge in [-0.15, -0.1) is 16.8 Å². The van der Waals surface area contributed by atoms with Crippen LogP contribution in [-0.4, -0.2) is 39.5 Å². The molecule has 0 unspecified atom stereocenters. The minimum Gasteiger partial charge on any atom is -0.485 e. The number of carbonyl (C=O) groups excluding carboxylic acids is 2. The third kappa shape index (κ3) is 6.23. The van der Waals surface area contributed by atoms with Crippen molar-refractivity contribution in [3.05, 3.63) is 77.6 Å². The van der Waals surface area contributed by atoms with Gasteiger partial charge in [0, 0.05) is 12.2 Å². The normalized spacial score (nSPS) is 10.5. The first-order valence-corrected chi connectivity index (χ1v) is 11.2. The molecule has 3 rings (SSSR count). The summed E-state index contributed by atoms with van der Waals surface area (Å²) < 4.78 is 12.5. The number of aromatic nitrogens is 3. The largest absolute Gasteiger partial charge is 0.485 e. The van der Waals surface area contributed by atoms with Crippen LogP contribution in [0.25, 0.3) is 0 Å². The number of anilines is 1. The number of esters is 1. The van der Waals surface area contributed by atoms with E-state index in [9.17, 15) is 9.59 Å². The van der Waals surface area contributed by atoms with Gasteiger partial charge in [-0.3, -0.25) is 9.36 Å². The third-order valence-corrected chi connectivity index (χ3v) is 5.91. The van der Waals surface area contributed by atoms with Crippen LogP contribution >= 0.6 is 11.8 Å². The third-order valence-electron chi connectivity index (χ3n) is 4.94. The first kappa shape index (κ1) is 24.1. The van der Waals surface area contributed by atoms with Gasteiger partial charge < -0.3 is 14.8 Å². The molecule has 0 aliphatic carbocycles. The molecule has 0 bridgehead atoms. The average molecular weight is 467 g/mol. The van der Waals surface area contributed by atoms with Gasteiger partial charge in [-0.05, 0) is 55.3 Å². The van der Waals surface area contributed by atoms with Crippen LogP contribution in [0.3, 0.4) is 0 Å². The lowest BCUT2D eigenvalue weighted by molar-refractivity contribution is -0.113. The van der Waals surface area contributed by atoms with Crippen LogP contribution in [0.1, 0.15) is 27.3 Å². The van der Waals surface area contributed by atoms with Gasteiger partial charge in [-0.25, -0.2) is 4.79 Å². The van der Waals surface area contributed by atoms with Crippen LogP contribution in [0, 0.1) is 13.8 Å². The summed E-state index contributed by atoms with van der Waals surface area (Å²) in [5, 5.41) is 11.9. The average Bonchev–Trinajstić information content (AvgIpc) is 3.20. The SMILES string of the molecule is C=CCn1c(COc2cccc(C)c2C)nnc1SCC(=O)Nc1ccc(C(=O)OC)cc1. The van der Waals surface area contributed by atoms with Crippen molar-refractivity contribution in [2.75, 3.05) is 18.2 Å². The number of allylic oxidation sites excluding steroid dienone is 1. The second-order valence-electron chi connectivity index (χ2n) is 7.19. The van der Waals surface area contributed by atoms with Gasteiger partial charge in [0.2, 0.25) is 5.91 Å². The lowest BCUT2D eigenvalue weighted by Crippen LogP contribution is -2.15. The van der Waals surface area contributed by atoms with E-state index in [1.54, 1.807) is 30.3 Å². The maximum absolute atomic E-state index is 12.4. The molecule has 1 amide bonds. The molecule has 2 aromatic carbocycles. The van der Waals surface area contributed by atoms with E-state index in [4.69, 9.17) is 4.74 Å². The number of nitrogens with zero attached hydrogens (tertiary/aromatic N) is 3. The van der Waals surface area contributed by atoms with Gasteiger partial charge in [0.1, 0.15) is 12.4 Å². The molecule has 1 heterocycles. The lowest BCUT2D eigenvalue weighted by atomic mass is 10.1. The number of thioether (sulfide) groups is 1. The number of nitrogens with one attached hydrogen (secondary N) is 1. The summed E-state index contributed by atoms with van der Waals surface area (Å²) in [4.78, 5) is 23.9. The fourth-order valence-electron chi connectivity index (χ4n) is 3.00. The first-order chi connectivity index (χ1) is 15.9. The molecule has 0 aliphatic heterocycles. The zero-order valence-electron chi connectivity index (χ0n) is 18.8. The Kier molecular flexibility index (Phi) is 8.26. The summed E-state index contributed by atoms with van der Waals surface area (Å²) >= 11 is 1.27. The van der Waals surface area contributed by atoms with Crippen molar-refractivity contribution < 1.29 is 19.1 Å². The highest BCUT2D eigenvalue weighted by Gasteiger charge is 2.15. The monoisotopic (exact) mass is 466 g/mol. The molecule has 1 N–H and O–H groups in total. The second kappa shape index (κ2) is 11.3. The molecule has 8 nitrogen and oxygen atoms in total. The van der Waals surface area contributed by atoms with Gasteiger partial charge in [0.15, 0.2) is 11.0 Å². The number of ether oxygens (including phenoxy) is 2. The Morgan fingerprint density at radius 2 is 1.91 bits per heavy atom. The maximum atomic E-state index is 12.4. The molecule has 0 radical (unpaired) electrons. The maximum Gasteiger partial charge on any atom is 0.337 e. The number of hydrogen-bond acceptors (Lipinski definition) is 7. The van der Waals surface area contributed by atoms with E-state index in [1.165, 1.54) is 18.9 Å². The first-order valence-electron chi connectivity index (χ1n) is 10.3. The quantitative estimate of drug-likeness (QED) is 0.272. The van der Waals surface area contributed by atoms with E-state index in [-0.39, 0.29) is 18.3 Å². The molecule has 0 saturated carbocycles. The Hall–Kier alpha value is -3.59. The zero-order chi connectivity index (χ0) is 23.8. The van der Waals surface area contributed by atoms with Crippen LogP contribution in [0.5, 0.6) is 5.75 Å². The fourth-order valence-corrected chi connectivity index (χ4v) is 3.77. The van der Waals surface area contributed by atoms with E-state index in [1.807, 2.05) is 36.6 Å². The topological polar surface area (TPSA) is 95.3 Å². The van der Waals surface area contributed by atoms with Crippen LogP contribution < -0.4 is 10.1 Å². The van der Waals surface area contributed by atoms with Crippen LogP contribution in [0.2, 0.25) is 0 Å². The lowest BCUT2D eigenvalue weighted by Gasteiger charge is -2.12. The van der Waals surface area contributed by atoms with Crippen molar-refractivity contribution in [1.82, 2.24) is 14.8 Å². The number of rotatable bonds is 10. The molecule has 0 aliphatic rings. The summed E-state index contributed by atoms with van der Waals surface area (Å²) in [6.45, 7) is 8.60. The van der Waals surface area contributed by atoms with Gasteiger partial charge in [0.05, 0.1) is 18.4 Å². The van der Waals surface area contributed by atoms with Crippen LogP contribution in [-0.2, 0) is 22.7 Å². The number of methoxy groups -OCH3 is 1. The van der Waals surface area contributed by atoms with Gasteiger partial charge in [-0.1, -0.05) is 30.0 Å². The fraction of sp³-hybridized carbons (Fsp3) is 0.250. The predicted octanol–water partition coefficient (Wildman–Crippen LogP) is 4.18. The van der Waals surface area contributed by atoms with Crippen molar-refractivity contribution in [1.29, 1.82) is 0 Å². The van der Waals surface area contributed by atoms with Crippen LogP contribution in [0.15, 0.2) is 60.3 Å². The molecule has 0 spiro atoms. The van der Waals surface area contributed by atoms with Crippen molar-refractivity contribution >= 4 is 29.3 Å². The minimum atomic E-state index is -0.428. The highest BCUT2D eigenvalue weighted by atomic mass is 32.2. The minimum absolute atomic E-state index is 0.145. The van der Waals surface area contributed by atoms with E-state index < -0.39 is 5.97 Å². The molecular formula is C24H26N4O4S. The number of aryl methyl sites for hydroxylation is 1. The highest BCUT2D eigenvalue weighted by molar-refractivity contribution is 7.99. The van der Waals surface area contributed by atoms with Crippen molar-refractivity contribution in [2.45, 2.75) is 32.2 Å². The molecule has 33 heavy (non-hydrogen) atoms.